The highest BCUT2D eigenvalue weighted by molar-refractivity contribution is 7.99. The number of halogens is 1. The van der Waals surface area contributed by atoms with Crippen LogP contribution in [0.5, 0.6) is 0 Å². The summed E-state index contributed by atoms with van der Waals surface area (Å²) in [6.45, 7) is 4.67. The summed E-state index contributed by atoms with van der Waals surface area (Å²) in [5, 5.41) is 1.69. The van der Waals surface area contributed by atoms with Crippen LogP contribution in [-0.2, 0) is 4.79 Å². The van der Waals surface area contributed by atoms with Crippen molar-refractivity contribution in [3.8, 4) is 0 Å². The van der Waals surface area contributed by atoms with Crippen molar-refractivity contribution in [2.45, 2.75) is 25.8 Å². The van der Waals surface area contributed by atoms with E-state index in [0.29, 0.717) is 0 Å². The molecule has 4 nitrogen and oxygen atoms in total. The van der Waals surface area contributed by atoms with Gasteiger partial charge in [0.2, 0.25) is 5.91 Å². The molecule has 2 fully saturated rings. The molecule has 0 N–H and O–H groups in total. The highest BCUT2D eigenvalue weighted by atomic mass is 35.5. The Morgan fingerprint density at radius 1 is 1.20 bits per heavy atom. The van der Waals surface area contributed by atoms with E-state index in [4.69, 9.17) is 16.6 Å². The average Bonchev–Trinajstić information content (AvgIpc) is 3.14. The molecular weight excluding hydrogens is 354 g/mol. The van der Waals surface area contributed by atoms with Crippen molar-refractivity contribution in [3.63, 3.8) is 0 Å². The lowest BCUT2D eigenvalue weighted by Gasteiger charge is -2.33. The second-order valence-electron chi connectivity index (χ2n) is 6.72. The summed E-state index contributed by atoms with van der Waals surface area (Å²) in [5.41, 5.74) is 2.04. The molecule has 2 saturated heterocycles. The number of benzene rings is 1. The topological polar surface area (TPSA) is 36.4 Å². The molecule has 6 heteroatoms. The number of carbonyl (C=O) groups is 1. The number of nitrogens with zero attached hydrogens (tertiary/aromatic N) is 3. The number of aryl methyl sites for hydroxylation is 1. The standard InChI is InChI=1S/C19H22ClN3OS/c1-13-4-6-15(20)14-5-7-17(21-18(13)14)23-8-2-3-16(23)19(24)22-9-11-25-12-10-22/h4-7,16H,2-3,8-12H2,1H3/t16-/m1/s1. The molecule has 2 aliphatic rings. The maximum atomic E-state index is 13.0. The van der Waals surface area contributed by atoms with E-state index < -0.39 is 0 Å². The third-order valence-electron chi connectivity index (χ3n) is 5.15. The van der Waals surface area contributed by atoms with Crippen LogP contribution in [0.15, 0.2) is 24.3 Å². The smallest absolute Gasteiger partial charge is 0.245 e. The zero-order chi connectivity index (χ0) is 17.4. The van der Waals surface area contributed by atoms with Crippen molar-refractivity contribution in [1.82, 2.24) is 9.88 Å². The minimum Gasteiger partial charge on any atom is -0.345 e. The molecule has 1 atom stereocenters. The second-order valence-corrected chi connectivity index (χ2v) is 8.35. The van der Waals surface area contributed by atoms with Crippen molar-refractivity contribution in [1.29, 1.82) is 0 Å². The zero-order valence-electron chi connectivity index (χ0n) is 14.4. The first-order valence-corrected chi connectivity index (χ1v) is 10.4. The molecule has 0 bridgehead atoms. The predicted octanol–water partition coefficient (Wildman–Crippen LogP) is 3.74. The Kier molecular flexibility index (Phi) is 4.78. The molecule has 0 radical (unpaired) electrons. The highest BCUT2D eigenvalue weighted by Crippen LogP contribution is 2.31. The number of aromatic nitrogens is 1. The summed E-state index contributed by atoms with van der Waals surface area (Å²) in [7, 11) is 0. The van der Waals surface area contributed by atoms with Crippen LogP contribution in [0.4, 0.5) is 5.82 Å². The van der Waals surface area contributed by atoms with Crippen molar-refractivity contribution in [2.24, 2.45) is 0 Å². The van der Waals surface area contributed by atoms with Crippen molar-refractivity contribution >= 4 is 46.0 Å². The van der Waals surface area contributed by atoms with Crippen LogP contribution in [0, 0.1) is 6.92 Å². The Morgan fingerprint density at radius 2 is 2.00 bits per heavy atom. The van der Waals surface area contributed by atoms with E-state index in [1.54, 1.807) is 0 Å². The normalized spacial score (nSPS) is 21.1. The summed E-state index contributed by atoms with van der Waals surface area (Å²) in [6.07, 6.45) is 1.95. The maximum absolute atomic E-state index is 13.0. The lowest BCUT2D eigenvalue weighted by atomic mass is 10.1. The number of anilines is 1. The van der Waals surface area contributed by atoms with E-state index in [1.807, 2.05) is 47.9 Å². The van der Waals surface area contributed by atoms with Crippen LogP contribution < -0.4 is 4.90 Å². The first-order valence-electron chi connectivity index (χ1n) is 8.84. The fraction of sp³-hybridized carbons (Fsp3) is 0.474. The molecule has 0 unspecified atom stereocenters. The molecule has 2 aliphatic heterocycles. The third-order valence-corrected chi connectivity index (χ3v) is 6.42. The van der Waals surface area contributed by atoms with E-state index in [9.17, 15) is 4.79 Å². The van der Waals surface area contributed by atoms with Gasteiger partial charge in [0.25, 0.3) is 0 Å². The Labute approximate surface area is 157 Å². The number of hydrogen-bond donors (Lipinski definition) is 0. The van der Waals surface area contributed by atoms with Crippen molar-refractivity contribution in [3.05, 3.63) is 34.9 Å². The second kappa shape index (κ2) is 7.04. The third kappa shape index (κ3) is 3.20. The minimum atomic E-state index is -0.0764. The Bertz CT molecular complexity index is 807. The Morgan fingerprint density at radius 3 is 2.80 bits per heavy atom. The van der Waals surface area contributed by atoms with Gasteiger partial charge in [-0.15, -0.1) is 0 Å². The first kappa shape index (κ1) is 17.0. The van der Waals surface area contributed by atoms with Gasteiger partial charge in [-0.1, -0.05) is 17.7 Å². The summed E-state index contributed by atoms with van der Waals surface area (Å²) in [4.78, 5) is 22.1. The number of hydrogen-bond acceptors (Lipinski definition) is 4. The fourth-order valence-electron chi connectivity index (χ4n) is 3.76. The molecule has 0 aliphatic carbocycles. The molecule has 1 aromatic carbocycles. The molecule has 3 heterocycles. The number of thioether (sulfide) groups is 1. The molecule has 1 amide bonds. The molecule has 1 aromatic heterocycles. The number of carbonyl (C=O) groups excluding carboxylic acids is 1. The number of amides is 1. The zero-order valence-corrected chi connectivity index (χ0v) is 15.9. The fourth-order valence-corrected chi connectivity index (χ4v) is 4.88. The average molecular weight is 376 g/mol. The number of pyridine rings is 1. The highest BCUT2D eigenvalue weighted by Gasteiger charge is 2.35. The van der Waals surface area contributed by atoms with Crippen LogP contribution in [0.1, 0.15) is 18.4 Å². The van der Waals surface area contributed by atoms with E-state index in [-0.39, 0.29) is 11.9 Å². The van der Waals surface area contributed by atoms with Crippen LogP contribution in [-0.4, -0.2) is 53.0 Å². The van der Waals surface area contributed by atoms with Crippen molar-refractivity contribution in [2.75, 3.05) is 36.0 Å². The summed E-state index contributed by atoms with van der Waals surface area (Å²) in [5.74, 6) is 3.25. The Balaban J connectivity index is 1.64. The van der Waals surface area contributed by atoms with Gasteiger partial charge in [0.1, 0.15) is 11.9 Å². The van der Waals surface area contributed by atoms with Gasteiger partial charge in [-0.2, -0.15) is 11.8 Å². The molecule has 132 valence electrons. The van der Waals surface area contributed by atoms with Crippen molar-refractivity contribution < 1.29 is 4.79 Å². The lowest BCUT2D eigenvalue weighted by Crippen LogP contribution is -2.48. The quantitative estimate of drug-likeness (QED) is 0.801. The van der Waals surface area contributed by atoms with Crippen LogP contribution in [0.2, 0.25) is 5.02 Å². The van der Waals surface area contributed by atoms with E-state index >= 15 is 0 Å². The van der Waals surface area contributed by atoms with Gasteiger partial charge in [0.15, 0.2) is 0 Å². The molecule has 25 heavy (non-hydrogen) atoms. The largest absolute Gasteiger partial charge is 0.345 e. The molecular formula is C19H22ClN3OS. The summed E-state index contributed by atoms with van der Waals surface area (Å²) < 4.78 is 0. The maximum Gasteiger partial charge on any atom is 0.245 e. The Hall–Kier alpha value is -1.46. The van der Waals surface area contributed by atoms with E-state index in [0.717, 1.165) is 71.3 Å². The van der Waals surface area contributed by atoms with Gasteiger partial charge >= 0.3 is 0 Å². The van der Waals surface area contributed by atoms with Gasteiger partial charge < -0.3 is 9.80 Å². The minimum absolute atomic E-state index is 0.0764. The van der Waals surface area contributed by atoms with Gasteiger partial charge in [-0.3, -0.25) is 4.79 Å². The van der Waals surface area contributed by atoms with E-state index in [1.165, 1.54) is 0 Å². The predicted molar refractivity (Wildman–Crippen MR) is 106 cm³/mol. The molecule has 2 aromatic rings. The summed E-state index contributed by atoms with van der Waals surface area (Å²) in [6, 6.07) is 7.87. The lowest BCUT2D eigenvalue weighted by molar-refractivity contribution is -0.132. The van der Waals surface area contributed by atoms with Crippen LogP contribution in [0.25, 0.3) is 10.9 Å². The number of rotatable bonds is 2. The SMILES string of the molecule is Cc1ccc(Cl)c2ccc(N3CCC[C@@H]3C(=O)N3CCSCC3)nc12. The first-order chi connectivity index (χ1) is 12.1. The summed E-state index contributed by atoms with van der Waals surface area (Å²) >= 11 is 8.23. The monoisotopic (exact) mass is 375 g/mol. The van der Waals surface area contributed by atoms with E-state index in [2.05, 4.69) is 4.90 Å². The van der Waals surface area contributed by atoms with Gasteiger partial charge in [0.05, 0.1) is 5.52 Å². The van der Waals surface area contributed by atoms with Gasteiger partial charge in [0, 0.05) is 41.5 Å². The molecule has 4 rings (SSSR count). The van der Waals surface area contributed by atoms with Crippen LogP contribution in [0.3, 0.4) is 0 Å². The number of fused-ring (bicyclic) bond motifs is 1. The van der Waals surface area contributed by atoms with Gasteiger partial charge in [-0.05, 0) is 43.5 Å². The van der Waals surface area contributed by atoms with Crippen LogP contribution >= 0.6 is 23.4 Å². The molecule has 0 spiro atoms. The van der Waals surface area contributed by atoms with Gasteiger partial charge in [-0.25, -0.2) is 4.98 Å². The molecule has 0 saturated carbocycles.